The molecule has 104 valence electrons. The fourth-order valence-corrected chi connectivity index (χ4v) is 3.09. The summed E-state index contributed by atoms with van der Waals surface area (Å²) in [5.74, 6) is 1.06. The van der Waals surface area contributed by atoms with E-state index in [0.29, 0.717) is 18.6 Å². The summed E-state index contributed by atoms with van der Waals surface area (Å²) in [7, 11) is 2.00. The van der Waals surface area contributed by atoms with Crippen LogP contribution in [0.3, 0.4) is 0 Å². The van der Waals surface area contributed by atoms with Gasteiger partial charge >= 0.3 is 0 Å². The molecule has 2 fully saturated rings. The Morgan fingerprint density at radius 3 is 2.50 bits per heavy atom. The van der Waals surface area contributed by atoms with Crippen LogP contribution in [-0.4, -0.2) is 49.6 Å². The van der Waals surface area contributed by atoms with Gasteiger partial charge in [0.05, 0.1) is 6.54 Å². The van der Waals surface area contributed by atoms with E-state index in [9.17, 15) is 4.79 Å². The van der Waals surface area contributed by atoms with E-state index < -0.39 is 0 Å². The van der Waals surface area contributed by atoms with Crippen LogP contribution in [0.1, 0.15) is 39.0 Å². The summed E-state index contributed by atoms with van der Waals surface area (Å²) >= 11 is 0. The molecule has 1 heterocycles. The number of hydrogen-bond acceptors (Lipinski definition) is 3. The van der Waals surface area contributed by atoms with Gasteiger partial charge in [-0.05, 0) is 45.1 Å². The van der Waals surface area contributed by atoms with Crippen molar-refractivity contribution in [2.75, 3.05) is 26.7 Å². The van der Waals surface area contributed by atoms with Crippen LogP contribution < -0.4 is 10.6 Å². The normalized spacial score (nSPS) is 33.6. The Hall–Kier alpha value is -0.610. The number of likely N-dealkylation sites (N-methyl/N-ethyl adjacent to an activating group) is 1. The number of amides is 1. The molecule has 0 spiro atoms. The monoisotopic (exact) mass is 253 g/mol. The van der Waals surface area contributed by atoms with Crippen LogP contribution in [0.5, 0.6) is 0 Å². The molecule has 2 rings (SSSR count). The number of nitrogens with zero attached hydrogens (tertiary/aromatic N) is 1. The number of hydrogen-bond donors (Lipinski definition) is 2. The van der Waals surface area contributed by atoms with Gasteiger partial charge in [-0.15, -0.1) is 0 Å². The van der Waals surface area contributed by atoms with Crippen molar-refractivity contribution in [3.63, 3.8) is 0 Å². The van der Waals surface area contributed by atoms with E-state index in [4.69, 9.17) is 0 Å². The maximum atomic E-state index is 12.0. The molecule has 2 aliphatic rings. The Bertz CT molecular complexity index is 268. The summed E-state index contributed by atoms with van der Waals surface area (Å²) in [6.07, 6.45) is 6.00. The molecular formula is C14H27N3O. The fourth-order valence-electron chi connectivity index (χ4n) is 3.09. The van der Waals surface area contributed by atoms with Crippen molar-refractivity contribution >= 4 is 5.91 Å². The first kappa shape index (κ1) is 13.8. The van der Waals surface area contributed by atoms with E-state index in [1.54, 1.807) is 0 Å². The molecule has 1 aliphatic heterocycles. The molecule has 1 unspecified atom stereocenters. The summed E-state index contributed by atoms with van der Waals surface area (Å²) in [5, 5.41) is 6.48. The molecule has 0 aromatic carbocycles. The SMILES string of the molecule is CNC1CCN(CC(=O)NC2CCC(C)CC2)C1. The van der Waals surface area contributed by atoms with Crippen molar-refractivity contribution in [2.24, 2.45) is 5.92 Å². The van der Waals surface area contributed by atoms with E-state index in [-0.39, 0.29) is 5.91 Å². The number of carbonyl (C=O) groups excluding carboxylic acids is 1. The largest absolute Gasteiger partial charge is 0.352 e. The number of likely N-dealkylation sites (tertiary alicyclic amines) is 1. The van der Waals surface area contributed by atoms with E-state index in [1.807, 2.05) is 7.05 Å². The molecule has 18 heavy (non-hydrogen) atoms. The lowest BCUT2D eigenvalue weighted by molar-refractivity contribution is -0.123. The van der Waals surface area contributed by atoms with Crippen molar-refractivity contribution < 1.29 is 4.79 Å². The molecular weight excluding hydrogens is 226 g/mol. The second kappa shape index (κ2) is 6.53. The van der Waals surface area contributed by atoms with Crippen molar-refractivity contribution in [3.05, 3.63) is 0 Å². The Morgan fingerprint density at radius 1 is 1.17 bits per heavy atom. The third-order valence-corrected chi connectivity index (χ3v) is 4.43. The van der Waals surface area contributed by atoms with Gasteiger partial charge in [0, 0.05) is 25.2 Å². The van der Waals surface area contributed by atoms with E-state index in [1.165, 1.54) is 12.8 Å². The lowest BCUT2D eigenvalue weighted by Gasteiger charge is -2.27. The van der Waals surface area contributed by atoms with Crippen LogP contribution in [0, 0.1) is 5.92 Å². The predicted octanol–water partition coefficient (Wildman–Crippen LogP) is 0.975. The third-order valence-electron chi connectivity index (χ3n) is 4.43. The molecule has 0 bridgehead atoms. The minimum absolute atomic E-state index is 0.214. The predicted molar refractivity (Wildman–Crippen MR) is 73.5 cm³/mol. The van der Waals surface area contributed by atoms with Gasteiger partial charge in [-0.1, -0.05) is 6.92 Å². The Morgan fingerprint density at radius 2 is 1.89 bits per heavy atom. The molecule has 4 nitrogen and oxygen atoms in total. The van der Waals surface area contributed by atoms with Gasteiger partial charge in [-0.25, -0.2) is 0 Å². The maximum Gasteiger partial charge on any atom is 0.234 e. The molecule has 1 atom stereocenters. The smallest absolute Gasteiger partial charge is 0.234 e. The van der Waals surface area contributed by atoms with E-state index >= 15 is 0 Å². The summed E-state index contributed by atoms with van der Waals surface area (Å²) < 4.78 is 0. The van der Waals surface area contributed by atoms with Crippen LogP contribution in [0.4, 0.5) is 0 Å². The summed E-state index contributed by atoms with van der Waals surface area (Å²) in [5.41, 5.74) is 0. The van der Waals surface area contributed by atoms with Crippen molar-refractivity contribution in [3.8, 4) is 0 Å². The van der Waals surface area contributed by atoms with Gasteiger partial charge in [0.25, 0.3) is 0 Å². The highest BCUT2D eigenvalue weighted by Crippen LogP contribution is 2.23. The van der Waals surface area contributed by atoms with Gasteiger partial charge in [0.1, 0.15) is 0 Å². The van der Waals surface area contributed by atoms with Crippen molar-refractivity contribution in [1.82, 2.24) is 15.5 Å². The molecule has 1 saturated heterocycles. The van der Waals surface area contributed by atoms with Crippen LogP contribution >= 0.6 is 0 Å². The highest BCUT2D eigenvalue weighted by Gasteiger charge is 2.24. The standard InChI is InChI=1S/C14H27N3O/c1-11-3-5-12(6-4-11)16-14(18)10-17-8-7-13(9-17)15-2/h11-13,15H,3-10H2,1-2H3,(H,16,18). The lowest BCUT2D eigenvalue weighted by atomic mass is 9.87. The molecule has 2 N–H and O–H groups in total. The van der Waals surface area contributed by atoms with Crippen molar-refractivity contribution in [2.45, 2.75) is 51.1 Å². The Kier molecular flexibility index (Phi) is 5.01. The number of rotatable bonds is 4. The first-order valence-electron chi connectivity index (χ1n) is 7.36. The summed E-state index contributed by atoms with van der Waals surface area (Å²) in [4.78, 5) is 14.2. The zero-order valence-corrected chi connectivity index (χ0v) is 11.7. The van der Waals surface area contributed by atoms with Crippen LogP contribution in [0.2, 0.25) is 0 Å². The van der Waals surface area contributed by atoms with Gasteiger partial charge in [-0.2, -0.15) is 0 Å². The van der Waals surface area contributed by atoms with Gasteiger partial charge in [0.15, 0.2) is 0 Å². The first-order valence-corrected chi connectivity index (χ1v) is 7.36. The second-order valence-electron chi connectivity index (χ2n) is 6.03. The van der Waals surface area contributed by atoms with Gasteiger partial charge in [0.2, 0.25) is 5.91 Å². The molecule has 0 aromatic rings. The van der Waals surface area contributed by atoms with Crippen LogP contribution in [0.15, 0.2) is 0 Å². The zero-order chi connectivity index (χ0) is 13.0. The highest BCUT2D eigenvalue weighted by atomic mass is 16.2. The van der Waals surface area contributed by atoms with E-state index in [0.717, 1.165) is 38.3 Å². The van der Waals surface area contributed by atoms with Crippen molar-refractivity contribution in [1.29, 1.82) is 0 Å². The van der Waals surface area contributed by atoms with Gasteiger partial charge in [-0.3, -0.25) is 9.69 Å². The lowest BCUT2D eigenvalue weighted by Crippen LogP contribution is -2.43. The van der Waals surface area contributed by atoms with Crippen LogP contribution in [0.25, 0.3) is 0 Å². The zero-order valence-electron chi connectivity index (χ0n) is 11.7. The highest BCUT2D eigenvalue weighted by molar-refractivity contribution is 5.78. The molecule has 1 aliphatic carbocycles. The van der Waals surface area contributed by atoms with E-state index in [2.05, 4.69) is 22.5 Å². The summed E-state index contributed by atoms with van der Waals surface area (Å²) in [6, 6.07) is 0.990. The Labute approximate surface area is 110 Å². The average Bonchev–Trinajstić information content (AvgIpc) is 2.79. The molecule has 0 aromatic heterocycles. The maximum absolute atomic E-state index is 12.0. The first-order chi connectivity index (χ1) is 8.67. The topological polar surface area (TPSA) is 44.4 Å². The molecule has 1 amide bonds. The average molecular weight is 253 g/mol. The number of carbonyl (C=O) groups is 1. The minimum atomic E-state index is 0.214. The molecule has 4 heteroatoms. The quantitative estimate of drug-likeness (QED) is 0.785. The minimum Gasteiger partial charge on any atom is -0.352 e. The molecule has 1 saturated carbocycles. The second-order valence-corrected chi connectivity index (χ2v) is 6.03. The van der Waals surface area contributed by atoms with Crippen LogP contribution in [-0.2, 0) is 4.79 Å². The molecule has 0 radical (unpaired) electrons. The number of nitrogens with one attached hydrogen (secondary N) is 2. The van der Waals surface area contributed by atoms with Gasteiger partial charge < -0.3 is 10.6 Å². The fraction of sp³-hybridized carbons (Fsp3) is 0.929. The third kappa shape index (κ3) is 3.95. The summed E-state index contributed by atoms with van der Waals surface area (Å²) in [6.45, 7) is 4.93. The Balaban J connectivity index is 1.66.